The molecule has 3 rings (SSSR count). The Morgan fingerprint density at radius 1 is 0.955 bits per heavy atom. The third-order valence-corrected chi connectivity index (χ3v) is 3.50. The highest BCUT2D eigenvalue weighted by Crippen LogP contribution is 2.34. The number of nitrogens with one attached hydrogen (secondary N) is 2. The molecule has 1 heterocycles. The average Bonchev–Trinajstić information content (AvgIpc) is 2.55. The second-order valence-corrected chi connectivity index (χ2v) is 4.90. The highest BCUT2D eigenvalue weighted by atomic mass is 16.4. The summed E-state index contributed by atoms with van der Waals surface area (Å²) < 4.78 is 0. The van der Waals surface area contributed by atoms with Crippen LogP contribution in [0, 0.1) is 0 Å². The SMILES string of the molecule is O=C1NC(C(=O)O)=C(c2ccccc2)C(c2ccccc2)N1. The minimum Gasteiger partial charge on any atom is -0.477 e. The number of rotatable bonds is 3. The Hall–Kier alpha value is -3.08. The van der Waals surface area contributed by atoms with E-state index in [0.29, 0.717) is 5.57 Å². The molecule has 2 aromatic rings. The number of carboxylic acid groups (broad SMARTS) is 1. The maximum Gasteiger partial charge on any atom is 0.352 e. The fourth-order valence-electron chi connectivity index (χ4n) is 2.56. The van der Waals surface area contributed by atoms with Crippen LogP contribution >= 0.6 is 0 Å². The van der Waals surface area contributed by atoms with Gasteiger partial charge in [-0.25, -0.2) is 9.59 Å². The first kappa shape index (κ1) is 13.9. The van der Waals surface area contributed by atoms with Gasteiger partial charge >= 0.3 is 12.0 Å². The molecule has 1 aliphatic rings. The highest BCUT2D eigenvalue weighted by molar-refractivity contribution is 6.03. The summed E-state index contributed by atoms with van der Waals surface area (Å²) in [7, 11) is 0. The van der Waals surface area contributed by atoms with Crippen molar-refractivity contribution >= 4 is 17.6 Å². The second kappa shape index (κ2) is 5.73. The molecular formula is C17H14N2O3. The minimum atomic E-state index is -1.16. The van der Waals surface area contributed by atoms with Crippen molar-refractivity contribution in [1.82, 2.24) is 10.6 Å². The van der Waals surface area contributed by atoms with Crippen LogP contribution in [0.25, 0.3) is 5.57 Å². The van der Waals surface area contributed by atoms with Crippen molar-refractivity contribution in [2.75, 3.05) is 0 Å². The Kier molecular flexibility index (Phi) is 3.62. The quantitative estimate of drug-likeness (QED) is 0.814. The molecule has 1 unspecified atom stereocenters. The third kappa shape index (κ3) is 2.56. The van der Waals surface area contributed by atoms with Gasteiger partial charge in [-0.1, -0.05) is 60.7 Å². The lowest BCUT2D eigenvalue weighted by Crippen LogP contribution is -2.45. The maximum absolute atomic E-state index is 11.8. The standard InChI is InChI=1S/C17H14N2O3/c20-16(21)15-13(11-7-3-1-4-8-11)14(18-17(22)19-15)12-9-5-2-6-10-12/h1-10,14H,(H,20,21)(H2,18,19,22). The zero-order valence-corrected chi connectivity index (χ0v) is 11.6. The zero-order valence-electron chi connectivity index (χ0n) is 11.6. The number of carboxylic acids is 1. The van der Waals surface area contributed by atoms with E-state index in [9.17, 15) is 14.7 Å². The molecule has 0 bridgehead atoms. The molecule has 0 aromatic heterocycles. The van der Waals surface area contributed by atoms with Crippen LogP contribution in [0.1, 0.15) is 17.2 Å². The molecule has 5 heteroatoms. The number of hydrogen-bond donors (Lipinski definition) is 3. The summed E-state index contributed by atoms with van der Waals surface area (Å²) >= 11 is 0. The van der Waals surface area contributed by atoms with Crippen molar-refractivity contribution in [1.29, 1.82) is 0 Å². The number of carbonyl (C=O) groups is 2. The summed E-state index contributed by atoms with van der Waals surface area (Å²) in [6.45, 7) is 0. The fraction of sp³-hybridized carbons (Fsp3) is 0.0588. The first-order valence-electron chi connectivity index (χ1n) is 6.82. The molecule has 1 aliphatic heterocycles. The summed E-state index contributed by atoms with van der Waals surface area (Å²) in [5, 5.41) is 14.6. The van der Waals surface area contributed by atoms with Crippen LogP contribution in [-0.4, -0.2) is 17.1 Å². The number of amides is 2. The Labute approximate surface area is 127 Å². The van der Waals surface area contributed by atoms with Crippen molar-refractivity contribution in [3.63, 3.8) is 0 Å². The largest absolute Gasteiger partial charge is 0.477 e. The molecule has 110 valence electrons. The van der Waals surface area contributed by atoms with Crippen molar-refractivity contribution in [3.8, 4) is 0 Å². The number of urea groups is 1. The van der Waals surface area contributed by atoms with E-state index in [1.807, 2.05) is 60.7 Å². The zero-order chi connectivity index (χ0) is 15.5. The van der Waals surface area contributed by atoms with E-state index in [1.165, 1.54) is 0 Å². The minimum absolute atomic E-state index is 0.0937. The molecule has 22 heavy (non-hydrogen) atoms. The van der Waals surface area contributed by atoms with E-state index in [4.69, 9.17) is 0 Å². The predicted octanol–water partition coefficient (Wildman–Crippen LogP) is 2.54. The van der Waals surface area contributed by atoms with Gasteiger partial charge in [-0.3, -0.25) is 0 Å². The second-order valence-electron chi connectivity index (χ2n) is 4.90. The van der Waals surface area contributed by atoms with Crippen molar-refractivity contribution in [2.24, 2.45) is 0 Å². The van der Waals surface area contributed by atoms with E-state index in [1.54, 1.807) is 0 Å². The molecule has 0 saturated carbocycles. The Bertz CT molecular complexity index is 739. The molecule has 5 nitrogen and oxygen atoms in total. The van der Waals surface area contributed by atoms with Gasteiger partial charge in [0.25, 0.3) is 0 Å². The summed E-state index contributed by atoms with van der Waals surface area (Å²) in [6, 6.07) is 17.4. The van der Waals surface area contributed by atoms with Crippen LogP contribution in [0.2, 0.25) is 0 Å². The first-order valence-corrected chi connectivity index (χ1v) is 6.82. The topological polar surface area (TPSA) is 78.4 Å². The van der Waals surface area contributed by atoms with Crippen LogP contribution in [0.4, 0.5) is 4.79 Å². The van der Waals surface area contributed by atoms with Crippen LogP contribution in [0.3, 0.4) is 0 Å². The summed E-state index contributed by atoms with van der Waals surface area (Å²) in [5.41, 5.74) is 2.03. The Morgan fingerprint density at radius 3 is 2.14 bits per heavy atom. The number of hydrogen-bond acceptors (Lipinski definition) is 2. The Morgan fingerprint density at radius 2 is 1.55 bits per heavy atom. The number of carbonyl (C=O) groups excluding carboxylic acids is 1. The molecule has 0 saturated heterocycles. The van der Waals surface area contributed by atoms with Crippen LogP contribution < -0.4 is 10.6 Å². The van der Waals surface area contributed by atoms with E-state index in [0.717, 1.165) is 11.1 Å². The van der Waals surface area contributed by atoms with Gasteiger partial charge in [0, 0.05) is 5.57 Å². The third-order valence-electron chi connectivity index (χ3n) is 3.50. The molecule has 2 aromatic carbocycles. The summed E-state index contributed by atoms with van der Waals surface area (Å²) in [6.07, 6.45) is 0. The van der Waals surface area contributed by atoms with Crippen LogP contribution in [-0.2, 0) is 4.79 Å². The molecule has 2 amide bonds. The summed E-state index contributed by atoms with van der Waals surface area (Å²) in [5.74, 6) is -1.16. The highest BCUT2D eigenvalue weighted by Gasteiger charge is 2.32. The lowest BCUT2D eigenvalue weighted by atomic mass is 9.90. The van der Waals surface area contributed by atoms with Gasteiger partial charge in [-0.15, -0.1) is 0 Å². The van der Waals surface area contributed by atoms with Crippen molar-refractivity contribution < 1.29 is 14.7 Å². The summed E-state index contributed by atoms with van der Waals surface area (Å²) in [4.78, 5) is 23.4. The lowest BCUT2D eigenvalue weighted by molar-refractivity contribution is -0.133. The van der Waals surface area contributed by atoms with Crippen LogP contribution in [0.5, 0.6) is 0 Å². The van der Waals surface area contributed by atoms with Crippen molar-refractivity contribution in [2.45, 2.75) is 6.04 Å². The number of benzene rings is 2. The molecule has 0 fully saturated rings. The maximum atomic E-state index is 11.8. The molecule has 0 aliphatic carbocycles. The smallest absolute Gasteiger partial charge is 0.352 e. The van der Waals surface area contributed by atoms with Gasteiger partial charge in [0.15, 0.2) is 0 Å². The Balaban J connectivity index is 2.20. The molecular weight excluding hydrogens is 280 g/mol. The van der Waals surface area contributed by atoms with Crippen LogP contribution in [0.15, 0.2) is 66.4 Å². The first-order chi connectivity index (χ1) is 10.7. The van der Waals surface area contributed by atoms with Gasteiger partial charge in [-0.2, -0.15) is 0 Å². The van der Waals surface area contributed by atoms with Gasteiger partial charge < -0.3 is 15.7 Å². The fourth-order valence-corrected chi connectivity index (χ4v) is 2.56. The van der Waals surface area contributed by atoms with E-state index >= 15 is 0 Å². The molecule has 0 spiro atoms. The lowest BCUT2D eigenvalue weighted by Gasteiger charge is -2.29. The van der Waals surface area contributed by atoms with E-state index in [-0.39, 0.29) is 5.70 Å². The monoisotopic (exact) mass is 294 g/mol. The van der Waals surface area contributed by atoms with Gasteiger partial charge in [0.2, 0.25) is 0 Å². The molecule has 1 atom stereocenters. The van der Waals surface area contributed by atoms with Gasteiger partial charge in [-0.05, 0) is 11.1 Å². The van der Waals surface area contributed by atoms with Gasteiger partial charge in [0.05, 0.1) is 6.04 Å². The molecule has 0 radical (unpaired) electrons. The average molecular weight is 294 g/mol. The van der Waals surface area contributed by atoms with E-state index < -0.39 is 18.0 Å². The molecule has 3 N–H and O–H groups in total. The number of aliphatic carboxylic acids is 1. The normalized spacial score (nSPS) is 17.6. The predicted molar refractivity (Wildman–Crippen MR) is 81.8 cm³/mol. The van der Waals surface area contributed by atoms with E-state index in [2.05, 4.69) is 10.6 Å². The van der Waals surface area contributed by atoms with Crippen molar-refractivity contribution in [3.05, 3.63) is 77.5 Å². The van der Waals surface area contributed by atoms with Gasteiger partial charge in [0.1, 0.15) is 5.70 Å².